The van der Waals surface area contributed by atoms with E-state index in [9.17, 15) is 9.59 Å². The first-order valence-electron chi connectivity index (χ1n) is 5.44. The zero-order chi connectivity index (χ0) is 14.4. The number of amides is 1. The SMILES string of the molecule is CN(C)C(=O)COc1c(Br)cccc1/C=C/C(=O)O. The Morgan fingerprint density at radius 1 is 1.42 bits per heavy atom. The largest absolute Gasteiger partial charge is 0.482 e. The van der Waals surface area contributed by atoms with Gasteiger partial charge < -0.3 is 14.7 Å². The number of hydrogen-bond acceptors (Lipinski definition) is 3. The molecule has 0 atom stereocenters. The summed E-state index contributed by atoms with van der Waals surface area (Å²) in [6.07, 6.45) is 2.44. The Labute approximate surface area is 119 Å². The third-order valence-electron chi connectivity index (χ3n) is 2.24. The summed E-state index contributed by atoms with van der Waals surface area (Å²) in [5, 5.41) is 8.63. The van der Waals surface area contributed by atoms with Crippen LogP contribution in [0.15, 0.2) is 28.7 Å². The van der Waals surface area contributed by atoms with Crippen molar-refractivity contribution in [2.45, 2.75) is 0 Å². The number of aliphatic carboxylic acids is 1. The monoisotopic (exact) mass is 327 g/mol. The number of carboxylic acids is 1. The number of likely N-dealkylation sites (N-methyl/N-ethyl adjacent to an activating group) is 1. The van der Waals surface area contributed by atoms with Gasteiger partial charge in [-0.25, -0.2) is 4.79 Å². The molecule has 1 rings (SSSR count). The Morgan fingerprint density at radius 2 is 2.11 bits per heavy atom. The van der Waals surface area contributed by atoms with Crippen molar-refractivity contribution in [2.75, 3.05) is 20.7 Å². The van der Waals surface area contributed by atoms with E-state index in [4.69, 9.17) is 9.84 Å². The van der Waals surface area contributed by atoms with Gasteiger partial charge in [0.25, 0.3) is 5.91 Å². The predicted molar refractivity (Wildman–Crippen MR) is 75.0 cm³/mol. The molecule has 1 N–H and O–H groups in total. The van der Waals surface area contributed by atoms with E-state index in [0.717, 1.165) is 6.08 Å². The lowest BCUT2D eigenvalue weighted by molar-refractivity contribution is -0.132. The number of carbonyl (C=O) groups is 2. The van der Waals surface area contributed by atoms with Crippen LogP contribution in [0.1, 0.15) is 5.56 Å². The lowest BCUT2D eigenvalue weighted by atomic mass is 10.2. The third kappa shape index (κ3) is 4.75. The quantitative estimate of drug-likeness (QED) is 0.840. The molecule has 0 unspecified atom stereocenters. The number of rotatable bonds is 5. The minimum atomic E-state index is -1.05. The summed E-state index contributed by atoms with van der Waals surface area (Å²) in [6, 6.07) is 5.22. The van der Waals surface area contributed by atoms with Crippen LogP contribution < -0.4 is 4.74 Å². The van der Waals surface area contributed by atoms with Gasteiger partial charge in [-0.2, -0.15) is 0 Å². The van der Waals surface area contributed by atoms with Crippen molar-refractivity contribution in [3.8, 4) is 5.75 Å². The molecule has 0 saturated carbocycles. The molecule has 1 aromatic carbocycles. The van der Waals surface area contributed by atoms with Crippen LogP contribution in [0, 0.1) is 0 Å². The summed E-state index contributed by atoms with van der Waals surface area (Å²) in [5.74, 6) is -0.783. The molecule has 0 aromatic heterocycles. The van der Waals surface area contributed by atoms with E-state index in [1.165, 1.54) is 11.0 Å². The van der Waals surface area contributed by atoms with Crippen molar-refractivity contribution < 1.29 is 19.4 Å². The third-order valence-corrected chi connectivity index (χ3v) is 2.87. The number of hydrogen-bond donors (Lipinski definition) is 1. The molecule has 0 bridgehead atoms. The van der Waals surface area contributed by atoms with E-state index in [2.05, 4.69) is 15.9 Å². The molecule has 1 amide bonds. The maximum absolute atomic E-state index is 11.5. The lowest BCUT2D eigenvalue weighted by Crippen LogP contribution is -2.27. The zero-order valence-corrected chi connectivity index (χ0v) is 12.2. The van der Waals surface area contributed by atoms with E-state index in [-0.39, 0.29) is 12.5 Å². The molecule has 0 aliphatic rings. The second-order valence-electron chi connectivity index (χ2n) is 3.91. The fourth-order valence-electron chi connectivity index (χ4n) is 1.23. The molecule has 6 heteroatoms. The number of carboxylic acid groups (broad SMARTS) is 1. The van der Waals surface area contributed by atoms with Crippen LogP contribution in [0.5, 0.6) is 5.75 Å². The van der Waals surface area contributed by atoms with Gasteiger partial charge in [0.2, 0.25) is 0 Å². The van der Waals surface area contributed by atoms with E-state index < -0.39 is 5.97 Å². The predicted octanol–water partition coefficient (Wildman–Crippen LogP) is 2.01. The van der Waals surface area contributed by atoms with Gasteiger partial charge in [-0.1, -0.05) is 12.1 Å². The topological polar surface area (TPSA) is 66.8 Å². The standard InChI is InChI=1S/C13H14BrNO4/c1-15(2)11(16)8-19-13-9(6-7-12(17)18)4-3-5-10(13)14/h3-7H,8H2,1-2H3,(H,17,18)/b7-6+. The summed E-state index contributed by atoms with van der Waals surface area (Å²) in [4.78, 5) is 23.4. The first kappa shape index (κ1) is 15.2. The second kappa shape index (κ2) is 6.94. The molecule has 1 aromatic rings. The molecule has 0 aliphatic carbocycles. The summed E-state index contributed by atoms with van der Waals surface area (Å²) >= 11 is 3.31. The molecular weight excluding hydrogens is 314 g/mol. The molecule has 19 heavy (non-hydrogen) atoms. The average molecular weight is 328 g/mol. The number of nitrogens with zero attached hydrogens (tertiary/aromatic N) is 1. The van der Waals surface area contributed by atoms with Gasteiger partial charge in [-0.05, 0) is 28.1 Å². The van der Waals surface area contributed by atoms with Crippen molar-refractivity contribution in [3.63, 3.8) is 0 Å². The van der Waals surface area contributed by atoms with Crippen LogP contribution in [-0.2, 0) is 9.59 Å². The van der Waals surface area contributed by atoms with Gasteiger partial charge in [-0.15, -0.1) is 0 Å². The first-order chi connectivity index (χ1) is 8.91. The summed E-state index contributed by atoms with van der Waals surface area (Å²) in [7, 11) is 3.27. The van der Waals surface area contributed by atoms with Crippen LogP contribution in [0.25, 0.3) is 6.08 Å². The van der Waals surface area contributed by atoms with Crippen LogP contribution in [0.4, 0.5) is 0 Å². The summed E-state index contributed by atoms with van der Waals surface area (Å²) in [6.45, 7) is -0.108. The highest BCUT2D eigenvalue weighted by Gasteiger charge is 2.10. The fraction of sp³-hybridized carbons (Fsp3) is 0.231. The molecule has 102 valence electrons. The fourth-order valence-corrected chi connectivity index (χ4v) is 1.73. The number of benzene rings is 1. The molecule has 0 heterocycles. The number of para-hydroxylation sites is 1. The van der Waals surface area contributed by atoms with Crippen LogP contribution >= 0.6 is 15.9 Å². The second-order valence-corrected chi connectivity index (χ2v) is 4.76. The van der Waals surface area contributed by atoms with E-state index >= 15 is 0 Å². The van der Waals surface area contributed by atoms with Crippen molar-refractivity contribution in [2.24, 2.45) is 0 Å². The smallest absolute Gasteiger partial charge is 0.328 e. The molecule has 0 aliphatic heterocycles. The van der Waals surface area contributed by atoms with Crippen LogP contribution in [-0.4, -0.2) is 42.6 Å². The number of halogens is 1. The zero-order valence-electron chi connectivity index (χ0n) is 10.6. The number of ether oxygens (including phenoxy) is 1. The Morgan fingerprint density at radius 3 is 2.68 bits per heavy atom. The van der Waals surface area contributed by atoms with Crippen LogP contribution in [0.2, 0.25) is 0 Å². The van der Waals surface area contributed by atoms with Crippen LogP contribution in [0.3, 0.4) is 0 Å². The Bertz CT molecular complexity index is 511. The molecular formula is C13H14BrNO4. The van der Waals surface area contributed by atoms with Gasteiger partial charge >= 0.3 is 5.97 Å². The Balaban J connectivity index is 2.92. The highest BCUT2D eigenvalue weighted by Crippen LogP contribution is 2.30. The highest BCUT2D eigenvalue weighted by molar-refractivity contribution is 9.10. The molecule has 5 nitrogen and oxygen atoms in total. The minimum Gasteiger partial charge on any atom is -0.482 e. The highest BCUT2D eigenvalue weighted by atomic mass is 79.9. The van der Waals surface area contributed by atoms with E-state index in [1.807, 2.05) is 0 Å². The van der Waals surface area contributed by atoms with E-state index in [0.29, 0.717) is 15.8 Å². The molecule has 0 spiro atoms. The summed E-state index contributed by atoms with van der Waals surface area (Å²) < 4.78 is 6.10. The maximum Gasteiger partial charge on any atom is 0.328 e. The van der Waals surface area contributed by atoms with Crippen molar-refractivity contribution in [1.82, 2.24) is 4.90 Å². The van der Waals surface area contributed by atoms with Crippen molar-refractivity contribution >= 4 is 33.9 Å². The van der Waals surface area contributed by atoms with Gasteiger partial charge in [-0.3, -0.25) is 4.79 Å². The minimum absolute atomic E-state index is 0.108. The van der Waals surface area contributed by atoms with Gasteiger partial charge in [0.05, 0.1) is 4.47 Å². The molecule has 0 saturated heterocycles. The normalized spacial score (nSPS) is 10.5. The average Bonchev–Trinajstić information content (AvgIpc) is 2.34. The van der Waals surface area contributed by atoms with Gasteiger partial charge in [0.15, 0.2) is 6.61 Å². The number of carbonyl (C=O) groups excluding carboxylic acids is 1. The summed E-state index contributed by atoms with van der Waals surface area (Å²) in [5.41, 5.74) is 0.586. The van der Waals surface area contributed by atoms with Gasteiger partial charge in [0.1, 0.15) is 5.75 Å². The van der Waals surface area contributed by atoms with Crippen molar-refractivity contribution in [3.05, 3.63) is 34.3 Å². The maximum atomic E-state index is 11.5. The molecule has 0 radical (unpaired) electrons. The van der Waals surface area contributed by atoms with Crippen molar-refractivity contribution in [1.29, 1.82) is 0 Å². The molecule has 0 fully saturated rings. The lowest BCUT2D eigenvalue weighted by Gasteiger charge is -2.14. The first-order valence-corrected chi connectivity index (χ1v) is 6.23. The Hall–Kier alpha value is -1.82. The van der Waals surface area contributed by atoms with Gasteiger partial charge in [0, 0.05) is 25.7 Å². The Kier molecular flexibility index (Phi) is 5.57. The van der Waals surface area contributed by atoms with E-state index in [1.54, 1.807) is 32.3 Å².